The van der Waals surface area contributed by atoms with E-state index < -0.39 is 23.8 Å². The van der Waals surface area contributed by atoms with Gasteiger partial charge in [-0.25, -0.2) is 9.59 Å². The Morgan fingerprint density at radius 2 is 1.45 bits per heavy atom. The van der Waals surface area contributed by atoms with Crippen molar-refractivity contribution < 1.29 is 23.9 Å². The molecule has 4 rings (SSSR count). The van der Waals surface area contributed by atoms with Gasteiger partial charge in [-0.15, -0.1) is 0 Å². The van der Waals surface area contributed by atoms with E-state index in [-0.39, 0.29) is 18.4 Å². The number of hydrogen-bond donors (Lipinski definition) is 3. The summed E-state index contributed by atoms with van der Waals surface area (Å²) >= 11 is 5.97. The number of hydrogen-bond acceptors (Lipinski definition) is 5. The van der Waals surface area contributed by atoms with Crippen molar-refractivity contribution in [2.45, 2.75) is 64.1 Å². The number of ether oxygens (including phenoxy) is 2. The molecule has 0 spiro atoms. The highest BCUT2D eigenvalue weighted by Gasteiger charge is 2.30. The Morgan fingerprint density at radius 1 is 0.833 bits per heavy atom. The smallest absolute Gasteiger partial charge is 0.407 e. The number of alkyl carbamates (subject to hydrolysis) is 2. The summed E-state index contributed by atoms with van der Waals surface area (Å²) in [5, 5.41) is 8.98. The molecule has 42 heavy (non-hydrogen) atoms. The van der Waals surface area contributed by atoms with Crippen LogP contribution in [0.4, 0.5) is 9.59 Å². The maximum atomic E-state index is 13.1. The fourth-order valence-corrected chi connectivity index (χ4v) is 5.07. The van der Waals surface area contributed by atoms with Crippen molar-refractivity contribution in [3.05, 3.63) is 94.5 Å². The van der Waals surface area contributed by atoms with Gasteiger partial charge in [0.25, 0.3) is 0 Å². The highest BCUT2D eigenvalue weighted by Crippen LogP contribution is 2.44. The topological polar surface area (TPSA) is 106 Å². The first-order chi connectivity index (χ1) is 20.1. The summed E-state index contributed by atoms with van der Waals surface area (Å²) in [6, 6.07) is 22.6. The number of carbonyl (C=O) groups excluding carboxylic acids is 3. The molecule has 9 heteroatoms. The Balaban J connectivity index is 1.33. The van der Waals surface area contributed by atoms with Crippen LogP contribution in [0.25, 0.3) is 11.1 Å². The average molecular weight is 592 g/mol. The van der Waals surface area contributed by atoms with Crippen molar-refractivity contribution in [3.63, 3.8) is 0 Å². The van der Waals surface area contributed by atoms with Crippen LogP contribution in [0.5, 0.6) is 0 Å². The maximum absolute atomic E-state index is 13.1. The van der Waals surface area contributed by atoms with Gasteiger partial charge in [-0.2, -0.15) is 0 Å². The highest BCUT2D eigenvalue weighted by molar-refractivity contribution is 6.30. The maximum Gasteiger partial charge on any atom is 0.407 e. The van der Waals surface area contributed by atoms with Crippen LogP contribution in [-0.2, 0) is 20.8 Å². The number of benzene rings is 3. The molecule has 3 amide bonds. The molecule has 0 aromatic heterocycles. The molecule has 1 aliphatic rings. The normalized spacial score (nSPS) is 13.0. The molecular weight excluding hydrogens is 554 g/mol. The van der Waals surface area contributed by atoms with Crippen molar-refractivity contribution in [2.75, 3.05) is 13.2 Å². The Hall–Kier alpha value is -4.04. The lowest BCUT2D eigenvalue weighted by Crippen LogP contribution is -2.47. The summed E-state index contributed by atoms with van der Waals surface area (Å²) in [7, 11) is 0. The molecule has 0 heterocycles. The SMILES string of the molecule is CC(C)(C)OC(=O)NCCCC[C@H](NC(=O)OCC1c2ccccc2-c2ccccc21)C(=O)NCc1ccc(Cl)cc1. The fourth-order valence-electron chi connectivity index (χ4n) is 4.94. The molecule has 0 radical (unpaired) electrons. The van der Waals surface area contributed by atoms with Gasteiger partial charge in [-0.05, 0) is 80.0 Å². The third-order valence-electron chi connectivity index (χ3n) is 6.92. The third-order valence-corrected chi connectivity index (χ3v) is 7.17. The monoisotopic (exact) mass is 591 g/mol. The molecule has 3 N–H and O–H groups in total. The standard InChI is InChI=1S/C33H38ClN3O5/c1-33(2,3)42-31(39)35-19-9-8-14-29(30(38)36-20-22-15-17-23(34)18-16-22)37-32(40)41-21-28-26-12-6-4-10-24(26)25-11-5-7-13-27(25)28/h4-7,10-13,15-18,28-29H,8-9,14,19-21H2,1-3H3,(H,35,39)(H,36,38)(H,37,40)/t29-/m0/s1. The third kappa shape index (κ3) is 8.73. The van der Waals surface area contributed by atoms with Crippen LogP contribution in [0.2, 0.25) is 5.02 Å². The van der Waals surface area contributed by atoms with Crippen molar-refractivity contribution >= 4 is 29.7 Å². The van der Waals surface area contributed by atoms with Crippen LogP contribution in [0.1, 0.15) is 62.6 Å². The van der Waals surface area contributed by atoms with Crippen molar-refractivity contribution in [1.82, 2.24) is 16.0 Å². The molecule has 0 saturated heterocycles. The first kappa shape index (κ1) is 30.9. The van der Waals surface area contributed by atoms with Crippen LogP contribution in [0.3, 0.4) is 0 Å². The van der Waals surface area contributed by atoms with E-state index in [9.17, 15) is 14.4 Å². The minimum Gasteiger partial charge on any atom is -0.449 e. The lowest BCUT2D eigenvalue weighted by molar-refractivity contribution is -0.123. The molecule has 0 aliphatic heterocycles. The summed E-state index contributed by atoms with van der Waals surface area (Å²) in [5.74, 6) is -0.405. The second-order valence-corrected chi connectivity index (χ2v) is 11.7. The number of amides is 3. The Labute approximate surface area is 252 Å². The number of halogens is 1. The van der Waals surface area contributed by atoms with Gasteiger partial charge in [0.2, 0.25) is 5.91 Å². The lowest BCUT2D eigenvalue weighted by Gasteiger charge is -2.21. The first-order valence-corrected chi connectivity index (χ1v) is 14.6. The summed E-state index contributed by atoms with van der Waals surface area (Å²) in [6.07, 6.45) is 0.407. The van der Waals surface area contributed by atoms with E-state index in [0.717, 1.165) is 27.8 Å². The molecule has 8 nitrogen and oxygen atoms in total. The van der Waals surface area contributed by atoms with Crippen molar-refractivity contribution in [1.29, 1.82) is 0 Å². The number of carbonyl (C=O) groups is 3. The first-order valence-electron chi connectivity index (χ1n) is 14.2. The number of nitrogens with one attached hydrogen (secondary N) is 3. The molecule has 3 aromatic rings. The summed E-state index contributed by atoms with van der Waals surface area (Å²) in [6.45, 7) is 6.23. The second-order valence-electron chi connectivity index (χ2n) is 11.3. The molecule has 0 unspecified atom stereocenters. The van der Waals surface area contributed by atoms with E-state index in [1.165, 1.54) is 0 Å². The molecule has 3 aromatic carbocycles. The van der Waals surface area contributed by atoms with Crippen LogP contribution >= 0.6 is 11.6 Å². The zero-order valence-electron chi connectivity index (χ0n) is 24.2. The lowest BCUT2D eigenvalue weighted by atomic mass is 9.98. The highest BCUT2D eigenvalue weighted by atomic mass is 35.5. The summed E-state index contributed by atoms with van der Waals surface area (Å²) < 4.78 is 10.9. The minimum atomic E-state index is -0.811. The number of fused-ring (bicyclic) bond motifs is 3. The predicted octanol–water partition coefficient (Wildman–Crippen LogP) is 6.56. The van der Waals surface area contributed by atoms with Crippen LogP contribution < -0.4 is 16.0 Å². The van der Waals surface area contributed by atoms with E-state index in [1.54, 1.807) is 32.9 Å². The molecule has 0 bridgehead atoms. The van der Waals surface area contributed by atoms with Gasteiger partial charge in [0.15, 0.2) is 0 Å². The molecule has 1 atom stereocenters. The van der Waals surface area contributed by atoms with E-state index in [4.69, 9.17) is 21.1 Å². The minimum absolute atomic E-state index is 0.0840. The van der Waals surface area contributed by atoms with Gasteiger partial charge in [-0.1, -0.05) is 72.3 Å². The van der Waals surface area contributed by atoms with Crippen molar-refractivity contribution in [2.24, 2.45) is 0 Å². The quantitative estimate of drug-likeness (QED) is 0.219. The van der Waals surface area contributed by atoms with Crippen LogP contribution in [0, 0.1) is 0 Å². The Kier molecular flexibility index (Phi) is 10.5. The molecule has 0 saturated carbocycles. The number of rotatable bonds is 11. The Bertz CT molecular complexity index is 1340. The van der Waals surface area contributed by atoms with Crippen LogP contribution in [0.15, 0.2) is 72.8 Å². The average Bonchev–Trinajstić information content (AvgIpc) is 3.27. The van der Waals surface area contributed by atoms with E-state index >= 15 is 0 Å². The van der Waals surface area contributed by atoms with E-state index in [0.29, 0.717) is 37.4 Å². The van der Waals surface area contributed by atoms with Gasteiger partial charge < -0.3 is 25.4 Å². The van der Waals surface area contributed by atoms with Gasteiger partial charge in [0.05, 0.1) is 0 Å². The Morgan fingerprint density at radius 3 is 2.07 bits per heavy atom. The van der Waals surface area contributed by atoms with Gasteiger partial charge in [-0.3, -0.25) is 4.79 Å². The van der Waals surface area contributed by atoms with Crippen LogP contribution in [-0.4, -0.2) is 42.9 Å². The largest absolute Gasteiger partial charge is 0.449 e. The van der Waals surface area contributed by atoms with Gasteiger partial charge in [0, 0.05) is 24.0 Å². The zero-order chi connectivity index (χ0) is 30.1. The van der Waals surface area contributed by atoms with Crippen molar-refractivity contribution in [3.8, 4) is 11.1 Å². The van der Waals surface area contributed by atoms with Gasteiger partial charge >= 0.3 is 12.2 Å². The molecule has 222 valence electrons. The number of unbranched alkanes of at least 4 members (excludes halogenated alkanes) is 1. The summed E-state index contributed by atoms with van der Waals surface area (Å²) in [4.78, 5) is 38.0. The fraction of sp³-hybridized carbons (Fsp3) is 0.364. The second kappa shape index (κ2) is 14.2. The van der Waals surface area contributed by atoms with E-state index in [2.05, 4.69) is 40.2 Å². The zero-order valence-corrected chi connectivity index (χ0v) is 25.0. The summed E-state index contributed by atoms with van der Waals surface area (Å²) in [5.41, 5.74) is 4.81. The molecule has 0 fully saturated rings. The molecular formula is C33H38ClN3O5. The van der Waals surface area contributed by atoms with E-state index in [1.807, 2.05) is 36.4 Å². The molecule has 1 aliphatic carbocycles. The van der Waals surface area contributed by atoms with Gasteiger partial charge in [0.1, 0.15) is 18.2 Å². The predicted molar refractivity (Wildman–Crippen MR) is 163 cm³/mol.